The first-order valence-corrected chi connectivity index (χ1v) is 7.47. The zero-order chi connectivity index (χ0) is 17.2. The van der Waals surface area contributed by atoms with Crippen LogP contribution in [-0.2, 0) is 9.59 Å². The van der Waals surface area contributed by atoms with Crippen LogP contribution >= 0.6 is 23.2 Å². The molecule has 0 saturated heterocycles. The molecule has 122 valence electrons. The van der Waals surface area contributed by atoms with Gasteiger partial charge in [0.1, 0.15) is 11.2 Å². The molecule has 1 heterocycles. The quantitative estimate of drug-likeness (QED) is 0.814. The maximum Gasteiger partial charge on any atom is 0.240 e. The van der Waals surface area contributed by atoms with E-state index in [4.69, 9.17) is 27.7 Å². The summed E-state index contributed by atoms with van der Waals surface area (Å²) in [6.07, 6.45) is 0. The van der Waals surface area contributed by atoms with E-state index in [1.807, 2.05) is 0 Å². The lowest BCUT2D eigenvalue weighted by Gasteiger charge is -2.22. The highest BCUT2D eigenvalue weighted by Crippen LogP contribution is 2.28. The van der Waals surface area contributed by atoms with Crippen LogP contribution in [0.1, 0.15) is 19.6 Å². The Labute approximate surface area is 143 Å². The molecule has 2 rings (SSSR count). The molecule has 0 radical (unpaired) electrons. The van der Waals surface area contributed by atoms with Gasteiger partial charge < -0.3 is 15.2 Å². The average Bonchev–Trinajstić information content (AvgIpc) is 2.88. The van der Waals surface area contributed by atoms with Gasteiger partial charge in [-0.2, -0.15) is 0 Å². The Kier molecular flexibility index (Phi) is 4.97. The largest absolute Gasteiger partial charge is 0.360 e. The van der Waals surface area contributed by atoms with E-state index in [0.29, 0.717) is 21.5 Å². The van der Waals surface area contributed by atoms with E-state index < -0.39 is 17.2 Å². The van der Waals surface area contributed by atoms with Gasteiger partial charge in [-0.25, -0.2) is 0 Å². The zero-order valence-electron chi connectivity index (χ0n) is 12.7. The summed E-state index contributed by atoms with van der Waals surface area (Å²) in [7, 11) is 0. The van der Waals surface area contributed by atoms with Crippen LogP contribution in [0.25, 0.3) is 0 Å². The molecule has 2 N–H and O–H groups in total. The van der Waals surface area contributed by atoms with E-state index in [2.05, 4.69) is 15.8 Å². The van der Waals surface area contributed by atoms with Crippen molar-refractivity contribution >= 4 is 46.5 Å². The fourth-order valence-corrected chi connectivity index (χ4v) is 2.01. The predicted octanol–water partition coefficient (Wildman–Crippen LogP) is 3.89. The molecular formula is C15H15Cl2N3O3. The first kappa shape index (κ1) is 17.3. The number of anilines is 2. The van der Waals surface area contributed by atoms with Crippen molar-refractivity contribution in [3.8, 4) is 0 Å². The number of amides is 2. The highest BCUT2D eigenvalue weighted by molar-refractivity contribution is 6.36. The summed E-state index contributed by atoms with van der Waals surface area (Å²) in [4.78, 5) is 24.7. The number of benzene rings is 1. The monoisotopic (exact) mass is 355 g/mol. The van der Waals surface area contributed by atoms with Crippen LogP contribution in [0.4, 0.5) is 11.5 Å². The number of carbonyl (C=O) groups excluding carboxylic acids is 2. The molecule has 0 saturated carbocycles. The van der Waals surface area contributed by atoms with Gasteiger partial charge >= 0.3 is 0 Å². The second-order valence-electron chi connectivity index (χ2n) is 5.48. The minimum Gasteiger partial charge on any atom is -0.360 e. The van der Waals surface area contributed by atoms with Crippen LogP contribution in [0.3, 0.4) is 0 Å². The fraction of sp³-hybridized carbons (Fsp3) is 0.267. The smallest absolute Gasteiger partial charge is 0.240 e. The number of aromatic nitrogens is 1. The maximum atomic E-state index is 12.4. The molecule has 0 aliphatic heterocycles. The van der Waals surface area contributed by atoms with Gasteiger partial charge in [-0.15, -0.1) is 0 Å². The number of hydrogen-bond acceptors (Lipinski definition) is 4. The van der Waals surface area contributed by atoms with Gasteiger partial charge in [0.15, 0.2) is 5.82 Å². The highest BCUT2D eigenvalue weighted by atomic mass is 35.5. The van der Waals surface area contributed by atoms with Crippen molar-refractivity contribution in [3.63, 3.8) is 0 Å². The zero-order valence-corrected chi connectivity index (χ0v) is 14.2. The molecule has 1 aromatic heterocycles. The summed E-state index contributed by atoms with van der Waals surface area (Å²) in [5, 5.41) is 9.54. The standard InChI is InChI=1S/C15H15Cl2N3O3/c1-8-6-12(20-23-8)19-14(22)15(2,3)13(21)18-11-7-9(16)4-5-10(11)17/h4-7H,1-3H3,(H,18,21)(H,19,20,22). The fourth-order valence-electron chi connectivity index (χ4n) is 1.67. The van der Waals surface area contributed by atoms with Crippen molar-refractivity contribution in [2.75, 3.05) is 10.6 Å². The van der Waals surface area contributed by atoms with Crippen molar-refractivity contribution < 1.29 is 14.1 Å². The topological polar surface area (TPSA) is 84.2 Å². The van der Waals surface area contributed by atoms with Crippen LogP contribution < -0.4 is 10.6 Å². The van der Waals surface area contributed by atoms with Crippen molar-refractivity contribution in [1.82, 2.24) is 5.16 Å². The Hall–Kier alpha value is -2.05. The summed E-state index contributed by atoms with van der Waals surface area (Å²) < 4.78 is 4.87. The molecule has 0 aliphatic rings. The number of hydrogen-bond donors (Lipinski definition) is 2. The van der Waals surface area contributed by atoms with Gasteiger partial charge in [0.05, 0.1) is 10.7 Å². The van der Waals surface area contributed by atoms with Crippen LogP contribution in [0.15, 0.2) is 28.8 Å². The van der Waals surface area contributed by atoms with Gasteiger partial charge in [0.2, 0.25) is 11.8 Å². The molecule has 2 amide bonds. The molecule has 6 nitrogen and oxygen atoms in total. The lowest BCUT2D eigenvalue weighted by atomic mass is 9.91. The number of rotatable bonds is 4. The SMILES string of the molecule is Cc1cc(NC(=O)C(C)(C)C(=O)Nc2cc(Cl)ccc2Cl)no1. The van der Waals surface area contributed by atoms with E-state index in [1.165, 1.54) is 19.9 Å². The summed E-state index contributed by atoms with van der Waals surface area (Å²) >= 11 is 11.9. The minimum absolute atomic E-state index is 0.245. The molecule has 8 heteroatoms. The first-order valence-electron chi connectivity index (χ1n) is 6.71. The Balaban J connectivity index is 2.12. The van der Waals surface area contributed by atoms with Gasteiger partial charge in [-0.05, 0) is 39.0 Å². The van der Waals surface area contributed by atoms with Gasteiger partial charge in [-0.1, -0.05) is 28.4 Å². The summed E-state index contributed by atoms with van der Waals surface area (Å²) in [6.45, 7) is 4.67. The molecular weight excluding hydrogens is 341 g/mol. The highest BCUT2D eigenvalue weighted by Gasteiger charge is 2.37. The van der Waals surface area contributed by atoms with Crippen LogP contribution in [0.2, 0.25) is 10.0 Å². The molecule has 0 atom stereocenters. The summed E-state index contributed by atoms with van der Waals surface area (Å²) in [6, 6.07) is 6.23. The van der Waals surface area contributed by atoms with Crippen LogP contribution in [-0.4, -0.2) is 17.0 Å². The molecule has 0 fully saturated rings. The van der Waals surface area contributed by atoms with Gasteiger partial charge in [-0.3, -0.25) is 9.59 Å². The van der Waals surface area contributed by atoms with Crippen molar-refractivity contribution in [1.29, 1.82) is 0 Å². The lowest BCUT2D eigenvalue weighted by molar-refractivity contribution is -0.135. The second kappa shape index (κ2) is 6.60. The average molecular weight is 356 g/mol. The van der Waals surface area contributed by atoms with Crippen LogP contribution in [0, 0.1) is 12.3 Å². The molecule has 1 aromatic carbocycles. The Morgan fingerprint density at radius 1 is 1.13 bits per heavy atom. The van der Waals surface area contributed by atoms with Gasteiger partial charge in [0.25, 0.3) is 0 Å². The van der Waals surface area contributed by atoms with Gasteiger partial charge in [0, 0.05) is 11.1 Å². The van der Waals surface area contributed by atoms with Crippen molar-refractivity contribution in [3.05, 3.63) is 40.1 Å². The minimum atomic E-state index is -1.36. The first-order chi connectivity index (χ1) is 10.7. The Morgan fingerprint density at radius 2 is 1.78 bits per heavy atom. The molecule has 2 aromatic rings. The van der Waals surface area contributed by atoms with E-state index in [1.54, 1.807) is 25.1 Å². The summed E-state index contributed by atoms with van der Waals surface area (Å²) in [5.41, 5.74) is -1.03. The van der Waals surface area contributed by atoms with E-state index in [-0.39, 0.29) is 5.82 Å². The second-order valence-corrected chi connectivity index (χ2v) is 6.32. The Morgan fingerprint density at radius 3 is 2.39 bits per heavy atom. The number of carbonyl (C=O) groups is 2. The number of aryl methyl sites for hydroxylation is 1. The lowest BCUT2D eigenvalue weighted by Crippen LogP contribution is -2.41. The molecule has 0 unspecified atom stereocenters. The maximum absolute atomic E-state index is 12.4. The third-order valence-electron chi connectivity index (χ3n) is 3.18. The van der Waals surface area contributed by atoms with E-state index in [9.17, 15) is 9.59 Å². The summed E-state index contributed by atoms with van der Waals surface area (Å²) in [5.74, 6) is -0.261. The molecule has 0 aliphatic carbocycles. The third kappa shape index (κ3) is 4.03. The molecule has 23 heavy (non-hydrogen) atoms. The van der Waals surface area contributed by atoms with E-state index in [0.717, 1.165) is 0 Å². The molecule has 0 spiro atoms. The third-order valence-corrected chi connectivity index (χ3v) is 3.75. The Bertz CT molecular complexity index is 756. The normalized spacial score (nSPS) is 11.2. The number of halogens is 2. The number of nitrogens with zero attached hydrogens (tertiary/aromatic N) is 1. The van der Waals surface area contributed by atoms with E-state index >= 15 is 0 Å². The van der Waals surface area contributed by atoms with Crippen molar-refractivity contribution in [2.45, 2.75) is 20.8 Å². The van der Waals surface area contributed by atoms with Crippen molar-refractivity contribution in [2.24, 2.45) is 5.41 Å². The molecule has 0 bridgehead atoms. The predicted molar refractivity (Wildman–Crippen MR) is 88.7 cm³/mol. The number of nitrogens with one attached hydrogen (secondary N) is 2. The van der Waals surface area contributed by atoms with Crippen LogP contribution in [0.5, 0.6) is 0 Å².